The number of halogens is 1. The van der Waals surface area contributed by atoms with E-state index in [1.165, 1.54) is 0 Å². The molecule has 1 saturated heterocycles. The molecule has 1 aromatic heterocycles. The Bertz CT molecular complexity index is 458. The molecule has 2 rings (SSSR count). The molecule has 0 spiro atoms. The topological polar surface area (TPSA) is 60.1 Å². The standard InChI is InChI=1S/C12H14BrN3O/c1-8-6-9(17)4-5-16(8)11-2-3-12(13)15-10(11)7-14/h2-3,8-9,17H,4-6H2,1H3/t8-,9-/m0/s1. The van der Waals surface area contributed by atoms with Gasteiger partial charge in [0, 0.05) is 12.6 Å². The number of hydrogen-bond donors (Lipinski definition) is 1. The van der Waals surface area contributed by atoms with Crippen molar-refractivity contribution in [2.45, 2.75) is 31.9 Å². The third-order valence-corrected chi connectivity index (χ3v) is 3.55. The second-order valence-corrected chi connectivity index (χ2v) is 5.15. The minimum atomic E-state index is -0.227. The predicted molar refractivity (Wildman–Crippen MR) is 68.7 cm³/mol. The van der Waals surface area contributed by atoms with Gasteiger partial charge in [-0.2, -0.15) is 5.26 Å². The number of piperidine rings is 1. The van der Waals surface area contributed by atoms with E-state index >= 15 is 0 Å². The SMILES string of the molecule is C[C@H]1C[C@@H](O)CCN1c1ccc(Br)nc1C#N. The third-order valence-electron chi connectivity index (χ3n) is 3.10. The van der Waals surface area contributed by atoms with Gasteiger partial charge >= 0.3 is 0 Å². The molecular weight excluding hydrogens is 282 g/mol. The zero-order valence-electron chi connectivity index (χ0n) is 9.60. The first-order chi connectivity index (χ1) is 8.11. The van der Waals surface area contributed by atoms with Crippen molar-refractivity contribution in [1.82, 2.24) is 4.98 Å². The fraction of sp³-hybridized carbons (Fsp3) is 0.500. The van der Waals surface area contributed by atoms with E-state index in [4.69, 9.17) is 5.26 Å². The lowest BCUT2D eigenvalue weighted by Crippen LogP contribution is -2.43. The number of rotatable bonds is 1. The van der Waals surface area contributed by atoms with Crippen molar-refractivity contribution in [2.24, 2.45) is 0 Å². The number of nitrogens with zero attached hydrogens (tertiary/aromatic N) is 3. The summed E-state index contributed by atoms with van der Waals surface area (Å²) in [5.74, 6) is 0. The molecule has 5 heteroatoms. The van der Waals surface area contributed by atoms with E-state index in [-0.39, 0.29) is 12.1 Å². The van der Waals surface area contributed by atoms with Gasteiger partial charge in [0.2, 0.25) is 0 Å². The first-order valence-corrected chi connectivity index (χ1v) is 6.42. The van der Waals surface area contributed by atoms with E-state index in [0.29, 0.717) is 10.3 Å². The second-order valence-electron chi connectivity index (χ2n) is 4.33. The summed E-state index contributed by atoms with van der Waals surface area (Å²) in [5, 5.41) is 18.7. The highest BCUT2D eigenvalue weighted by atomic mass is 79.9. The van der Waals surface area contributed by atoms with Crippen LogP contribution in [0.3, 0.4) is 0 Å². The summed E-state index contributed by atoms with van der Waals surface area (Å²) in [6.45, 7) is 2.83. The van der Waals surface area contributed by atoms with Gasteiger partial charge in [0.15, 0.2) is 5.69 Å². The number of aromatic nitrogens is 1. The molecule has 1 aliphatic heterocycles. The minimum Gasteiger partial charge on any atom is -0.393 e. The number of pyridine rings is 1. The molecule has 1 N–H and O–H groups in total. The van der Waals surface area contributed by atoms with E-state index in [0.717, 1.165) is 25.1 Å². The normalized spacial score (nSPS) is 24.5. The van der Waals surface area contributed by atoms with Gasteiger partial charge in [0.1, 0.15) is 10.7 Å². The molecule has 4 nitrogen and oxygen atoms in total. The Kier molecular flexibility index (Phi) is 3.65. The van der Waals surface area contributed by atoms with Crippen LogP contribution in [0.5, 0.6) is 0 Å². The highest BCUT2D eigenvalue weighted by Crippen LogP contribution is 2.27. The van der Waals surface area contributed by atoms with E-state index in [9.17, 15) is 5.11 Å². The lowest BCUT2D eigenvalue weighted by Gasteiger charge is -2.37. The van der Waals surface area contributed by atoms with Crippen molar-refractivity contribution in [2.75, 3.05) is 11.4 Å². The fourth-order valence-corrected chi connectivity index (χ4v) is 2.56. The van der Waals surface area contributed by atoms with Gasteiger partial charge in [0.25, 0.3) is 0 Å². The Hall–Kier alpha value is -1.12. The van der Waals surface area contributed by atoms with Crippen molar-refractivity contribution in [3.05, 3.63) is 22.4 Å². The lowest BCUT2D eigenvalue weighted by atomic mass is 10.00. The molecule has 1 aliphatic rings. The predicted octanol–water partition coefficient (Wildman–Crippen LogP) is 2.07. The van der Waals surface area contributed by atoms with Crippen molar-refractivity contribution in [1.29, 1.82) is 5.26 Å². The maximum atomic E-state index is 9.60. The van der Waals surface area contributed by atoms with Gasteiger partial charge in [-0.1, -0.05) is 0 Å². The first-order valence-electron chi connectivity index (χ1n) is 5.63. The van der Waals surface area contributed by atoms with E-state index in [1.54, 1.807) is 0 Å². The molecule has 0 radical (unpaired) electrons. The van der Waals surface area contributed by atoms with E-state index in [1.807, 2.05) is 12.1 Å². The molecule has 0 unspecified atom stereocenters. The lowest BCUT2D eigenvalue weighted by molar-refractivity contribution is 0.131. The monoisotopic (exact) mass is 295 g/mol. The molecule has 1 aromatic rings. The largest absolute Gasteiger partial charge is 0.393 e. The molecule has 0 amide bonds. The number of anilines is 1. The Morgan fingerprint density at radius 1 is 1.59 bits per heavy atom. The summed E-state index contributed by atoms with van der Waals surface area (Å²) in [6.07, 6.45) is 1.25. The summed E-state index contributed by atoms with van der Waals surface area (Å²) in [7, 11) is 0. The van der Waals surface area contributed by atoms with Crippen LogP contribution >= 0.6 is 15.9 Å². The molecule has 2 atom stereocenters. The Labute approximate surface area is 109 Å². The second kappa shape index (κ2) is 5.03. The van der Waals surface area contributed by atoms with Gasteiger partial charge in [-0.15, -0.1) is 0 Å². The Morgan fingerprint density at radius 2 is 2.35 bits per heavy atom. The van der Waals surface area contributed by atoms with E-state index in [2.05, 4.69) is 38.8 Å². The molecule has 90 valence electrons. The number of aliphatic hydroxyl groups excluding tert-OH is 1. The summed E-state index contributed by atoms with van der Waals surface area (Å²) in [5.41, 5.74) is 1.29. The van der Waals surface area contributed by atoms with Crippen molar-refractivity contribution in [3.8, 4) is 6.07 Å². The fourth-order valence-electron chi connectivity index (χ4n) is 2.25. The average Bonchev–Trinajstić information content (AvgIpc) is 2.30. The molecular formula is C12H14BrN3O. The Balaban J connectivity index is 2.31. The van der Waals surface area contributed by atoms with E-state index < -0.39 is 0 Å². The van der Waals surface area contributed by atoms with Crippen LogP contribution in [-0.4, -0.2) is 28.8 Å². The van der Waals surface area contributed by atoms with Crippen LogP contribution in [0.1, 0.15) is 25.5 Å². The van der Waals surface area contributed by atoms with Crippen molar-refractivity contribution in [3.63, 3.8) is 0 Å². The van der Waals surface area contributed by atoms with Crippen LogP contribution in [0.4, 0.5) is 5.69 Å². The zero-order chi connectivity index (χ0) is 12.4. The quantitative estimate of drug-likeness (QED) is 0.806. The third kappa shape index (κ3) is 2.59. The first kappa shape index (κ1) is 12.3. The molecule has 0 aromatic carbocycles. The van der Waals surface area contributed by atoms with Gasteiger partial charge in [0.05, 0.1) is 11.8 Å². The summed E-state index contributed by atoms with van der Waals surface area (Å²) in [4.78, 5) is 6.32. The summed E-state index contributed by atoms with van der Waals surface area (Å²) < 4.78 is 0.669. The maximum absolute atomic E-state index is 9.60. The average molecular weight is 296 g/mol. The number of nitriles is 1. The van der Waals surface area contributed by atoms with Crippen LogP contribution in [0.25, 0.3) is 0 Å². The van der Waals surface area contributed by atoms with Gasteiger partial charge in [-0.05, 0) is 47.8 Å². The highest BCUT2D eigenvalue weighted by Gasteiger charge is 2.26. The van der Waals surface area contributed by atoms with Crippen LogP contribution in [0.2, 0.25) is 0 Å². The van der Waals surface area contributed by atoms with Crippen LogP contribution in [0, 0.1) is 11.3 Å². The number of aliphatic hydroxyl groups is 1. The summed E-state index contributed by atoms with van der Waals surface area (Å²) >= 11 is 3.27. The van der Waals surface area contributed by atoms with Crippen LogP contribution < -0.4 is 4.90 Å². The molecule has 0 aliphatic carbocycles. The van der Waals surface area contributed by atoms with Gasteiger partial charge < -0.3 is 10.0 Å². The van der Waals surface area contributed by atoms with Crippen molar-refractivity contribution >= 4 is 21.6 Å². The van der Waals surface area contributed by atoms with Gasteiger partial charge in [-0.25, -0.2) is 4.98 Å². The smallest absolute Gasteiger partial charge is 0.165 e. The van der Waals surface area contributed by atoms with Gasteiger partial charge in [-0.3, -0.25) is 0 Å². The van der Waals surface area contributed by atoms with Crippen molar-refractivity contribution < 1.29 is 5.11 Å². The van der Waals surface area contributed by atoms with Crippen LogP contribution in [-0.2, 0) is 0 Å². The molecule has 2 heterocycles. The zero-order valence-corrected chi connectivity index (χ0v) is 11.2. The molecule has 1 fully saturated rings. The minimum absolute atomic E-state index is 0.227. The molecule has 17 heavy (non-hydrogen) atoms. The maximum Gasteiger partial charge on any atom is 0.165 e. The highest BCUT2D eigenvalue weighted by molar-refractivity contribution is 9.10. The Morgan fingerprint density at radius 3 is 3.00 bits per heavy atom. The number of hydrogen-bond acceptors (Lipinski definition) is 4. The molecule has 0 saturated carbocycles. The molecule has 0 bridgehead atoms. The summed E-state index contributed by atoms with van der Waals surface area (Å²) in [6, 6.07) is 6.10. The van der Waals surface area contributed by atoms with Crippen LogP contribution in [0.15, 0.2) is 16.7 Å².